The maximum absolute atomic E-state index is 5.70. The smallest absolute Gasteiger partial charge is 0.321 e. The van der Waals surface area contributed by atoms with Gasteiger partial charge in [-0.15, -0.1) is 0 Å². The van der Waals surface area contributed by atoms with Crippen LogP contribution < -0.4 is 9.64 Å². The largest absolute Gasteiger partial charge is 0.424 e. The number of hydrogen-bond acceptors (Lipinski definition) is 7. The molecule has 0 spiro atoms. The van der Waals surface area contributed by atoms with Crippen LogP contribution >= 0.6 is 0 Å². The molecule has 0 unspecified atom stereocenters. The first kappa shape index (κ1) is 22.2. The van der Waals surface area contributed by atoms with Crippen molar-refractivity contribution >= 4 is 16.9 Å². The van der Waals surface area contributed by atoms with Gasteiger partial charge in [0.25, 0.3) is 0 Å². The highest BCUT2D eigenvalue weighted by molar-refractivity contribution is 5.83. The summed E-state index contributed by atoms with van der Waals surface area (Å²) in [4.78, 5) is 22.8. The minimum Gasteiger partial charge on any atom is -0.424 e. The monoisotopic (exact) mass is 454 g/mol. The molecule has 7 heteroatoms. The van der Waals surface area contributed by atoms with Gasteiger partial charge >= 0.3 is 6.01 Å². The van der Waals surface area contributed by atoms with E-state index in [0.717, 1.165) is 67.4 Å². The molecule has 1 aliphatic heterocycles. The second-order valence-corrected chi connectivity index (χ2v) is 8.96. The number of fused-ring (bicyclic) bond motifs is 1. The molecule has 3 heterocycles. The molecule has 0 atom stereocenters. The average Bonchev–Trinajstić information content (AvgIpc) is 3.08. The summed E-state index contributed by atoms with van der Waals surface area (Å²) in [5, 5.41) is 1.15. The van der Waals surface area contributed by atoms with Gasteiger partial charge in [-0.2, -0.15) is 0 Å². The summed E-state index contributed by atoms with van der Waals surface area (Å²) in [5.74, 6) is 1.59. The van der Waals surface area contributed by atoms with Crippen LogP contribution in [0.5, 0.6) is 11.8 Å². The van der Waals surface area contributed by atoms with E-state index < -0.39 is 0 Å². The van der Waals surface area contributed by atoms with Gasteiger partial charge in [0.15, 0.2) is 0 Å². The van der Waals surface area contributed by atoms with Gasteiger partial charge in [-0.05, 0) is 74.2 Å². The number of ether oxygens (including phenoxy) is 1. The fourth-order valence-corrected chi connectivity index (χ4v) is 4.36. The lowest BCUT2D eigenvalue weighted by Gasteiger charge is -2.23. The molecule has 0 amide bonds. The van der Waals surface area contributed by atoms with Crippen molar-refractivity contribution in [2.24, 2.45) is 0 Å². The lowest BCUT2D eigenvalue weighted by atomic mass is 10.1. The van der Waals surface area contributed by atoms with E-state index >= 15 is 0 Å². The maximum Gasteiger partial charge on any atom is 0.321 e. The first-order valence-corrected chi connectivity index (χ1v) is 11.8. The first-order chi connectivity index (χ1) is 16.5. The number of hydrogen-bond donors (Lipinski definition) is 0. The molecule has 2 aromatic carbocycles. The number of nitrogens with zero attached hydrogens (tertiary/aromatic N) is 6. The van der Waals surface area contributed by atoms with E-state index in [1.54, 1.807) is 18.5 Å². The van der Waals surface area contributed by atoms with E-state index in [4.69, 9.17) is 14.7 Å². The topological polar surface area (TPSA) is 67.3 Å². The average molecular weight is 455 g/mol. The third-order valence-corrected chi connectivity index (χ3v) is 6.44. The number of anilines is 1. The third kappa shape index (κ3) is 4.99. The van der Waals surface area contributed by atoms with Crippen LogP contribution in [-0.4, -0.2) is 51.0 Å². The van der Waals surface area contributed by atoms with Gasteiger partial charge in [0.2, 0.25) is 5.95 Å². The second-order valence-electron chi connectivity index (χ2n) is 8.96. The summed E-state index contributed by atoms with van der Waals surface area (Å²) in [7, 11) is 0. The zero-order valence-corrected chi connectivity index (χ0v) is 20.0. The van der Waals surface area contributed by atoms with Crippen molar-refractivity contribution in [1.29, 1.82) is 0 Å². The summed E-state index contributed by atoms with van der Waals surface area (Å²) in [6, 6.07) is 14.7. The van der Waals surface area contributed by atoms with Crippen molar-refractivity contribution in [3.8, 4) is 11.8 Å². The van der Waals surface area contributed by atoms with Crippen LogP contribution in [-0.2, 0) is 6.54 Å². The normalized spacial score (nSPS) is 14.9. The van der Waals surface area contributed by atoms with Crippen LogP contribution in [0.25, 0.3) is 10.9 Å². The van der Waals surface area contributed by atoms with Crippen molar-refractivity contribution in [3.05, 3.63) is 77.2 Å². The standard InChI is InChI=1S/C27H30N6O/c1-19-16-24-21(3)30-26(31-25(24)17-20(19)2)33-13-5-12-32(14-15-33)18-22-6-8-23(9-7-22)34-27-28-10-4-11-29-27/h4,6-11,16-17H,5,12-15,18H2,1-3H3. The zero-order chi connectivity index (χ0) is 23.5. The molecule has 2 aromatic heterocycles. The Kier molecular flexibility index (Phi) is 6.36. The van der Waals surface area contributed by atoms with Crippen LogP contribution in [0, 0.1) is 20.8 Å². The van der Waals surface area contributed by atoms with Gasteiger partial charge in [-0.1, -0.05) is 12.1 Å². The summed E-state index contributed by atoms with van der Waals surface area (Å²) in [5.41, 5.74) is 5.90. The lowest BCUT2D eigenvalue weighted by molar-refractivity contribution is 0.285. The third-order valence-electron chi connectivity index (χ3n) is 6.44. The van der Waals surface area contributed by atoms with E-state index in [2.05, 4.69) is 64.8 Å². The molecule has 0 N–H and O–H groups in total. The van der Waals surface area contributed by atoms with Gasteiger partial charge in [-0.3, -0.25) is 4.90 Å². The molecule has 1 fully saturated rings. The lowest BCUT2D eigenvalue weighted by Crippen LogP contribution is -2.31. The first-order valence-electron chi connectivity index (χ1n) is 11.8. The molecule has 174 valence electrons. The Bertz CT molecular complexity index is 1280. The Hall–Kier alpha value is -3.58. The van der Waals surface area contributed by atoms with Crippen molar-refractivity contribution in [1.82, 2.24) is 24.8 Å². The van der Waals surface area contributed by atoms with E-state index in [1.807, 2.05) is 12.1 Å². The zero-order valence-electron chi connectivity index (χ0n) is 20.0. The minimum atomic E-state index is 0.360. The van der Waals surface area contributed by atoms with Gasteiger partial charge < -0.3 is 9.64 Å². The Labute approximate surface area is 200 Å². The van der Waals surface area contributed by atoms with Crippen LogP contribution in [0.15, 0.2) is 54.9 Å². The Morgan fingerprint density at radius 2 is 1.62 bits per heavy atom. The van der Waals surface area contributed by atoms with Gasteiger partial charge in [0.1, 0.15) is 5.75 Å². The quantitative estimate of drug-likeness (QED) is 0.427. The number of aryl methyl sites for hydroxylation is 3. The molecular formula is C27H30N6O. The van der Waals surface area contributed by atoms with Crippen molar-refractivity contribution < 1.29 is 4.74 Å². The SMILES string of the molecule is Cc1cc2nc(N3CCCN(Cc4ccc(Oc5ncccn5)cc4)CC3)nc(C)c2cc1C. The molecule has 0 aliphatic carbocycles. The maximum atomic E-state index is 5.70. The molecule has 0 bridgehead atoms. The fourth-order valence-electron chi connectivity index (χ4n) is 4.36. The number of benzene rings is 2. The molecule has 0 saturated carbocycles. The Morgan fingerprint density at radius 1 is 0.853 bits per heavy atom. The molecule has 34 heavy (non-hydrogen) atoms. The highest BCUT2D eigenvalue weighted by atomic mass is 16.5. The second kappa shape index (κ2) is 9.73. The summed E-state index contributed by atoms with van der Waals surface area (Å²) < 4.78 is 5.70. The predicted molar refractivity (Wildman–Crippen MR) is 134 cm³/mol. The van der Waals surface area contributed by atoms with Crippen molar-refractivity contribution in [2.75, 3.05) is 31.1 Å². The molecule has 1 saturated heterocycles. The highest BCUT2D eigenvalue weighted by Gasteiger charge is 2.18. The number of rotatable bonds is 5. The molecule has 0 radical (unpaired) electrons. The van der Waals surface area contributed by atoms with Crippen LogP contribution in [0.1, 0.15) is 28.8 Å². The van der Waals surface area contributed by atoms with E-state index in [9.17, 15) is 0 Å². The molecular weight excluding hydrogens is 424 g/mol. The summed E-state index contributed by atoms with van der Waals surface area (Å²) >= 11 is 0. The summed E-state index contributed by atoms with van der Waals surface area (Å²) in [6.45, 7) is 11.2. The van der Waals surface area contributed by atoms with Gasteiger partial charge in [0.05, 0.1) is 11.2 Å². The van der Waals surface area contributed by atoms with E-state index in [1.165, 1.54) is 16.7 Å². The fraction of sp³-hybridized carbons (Fsp3) is 0.333. The number of aromatic nitrogens is 4. The molecule has 4 aromatic rings. The molecule has 1 aliphatic rings. The van der Waals surface area contributed by atoms with Crippen LogP contribution in [0.4, 0.5) is 5.95 Å². The van der Waals surface area contributed by atoms with Crippen LogP contribution in [0.2, 0.25) is 0 Å². The Morgan fingerprint density at radius 3 is 2.41 bits per heavy atom. The molecule has 5 rings (SSSR count). The molecule has 7 nitrogen and oxygen atoms in total. The van der Waals surface area contributed by atoms with Gasteiger partial charge in [0, 0.05) is 50.5 Å². The summed E-state index contributed by atoms with van der Waals surface area (Å²) in [6.07, 6.45) is 4.43. The van der Waals surface area contributed by atoms with E-state index in [-0.39, 0.29) is 0 Å². The minimum absolute atomic E-state index is 0.360. The van der Waals surface area contributed by atoms with Gasteiger partial charge in [-0.25, -0.2) is 19.9 Å². The van der Waals surface area contributed by atoms with Crippen molar-refractivity contribution in [2.45, 2.75) is 33.7 Å². The predicted octanol–water partition coefficient (Wildman–Crippen LogP) is 4.85. The Balaban J connectivity index is 1.23. The van der Waals surface area contributed by atoms with E-state index in [0.29, 0.717) is 6.01 Å². The van der Waals surface area contributed by atoms with Crippen molar-refractivity contribution in [3.63, 3.8) is 0 Å². The van der Waals surface area contributed by atoms with Crippen LogP contribution in [0.3, 0.4) is 0 Å². The highest BCUT2D eigenvalue weighted by Crippen LogP contribution is 2.24.